The van der Waals surface area contributed by atoms with E-state index >= 15 is 0 Å². The Bertz CT molecular complexity index is 843. The van der Waals surface area contributed by atoms with Crippen molar-refractivity contribution in [3.63, 3.8) is 0 Å². The predicted molar refractivity (Wildman–Crippen MR) is 97.8 cm³/mol. The number of aromatic carboxylic acids is 1. The molecule has 0 aliphatic heterocycles. The number of hydrogen-bond acceptors (Lipinski definition) is 3. The summed E-state index contributed by atoms with van der Waals surface area (Å²) in [4.78, 5) is 23.8. The molecule has 0 heterocycles. The first-order chi connectivity index (χ1) is 12.3. The molecule has 0 spiro atoms. The Balaban J connectivity index is 1.74. The summed E-state index contributed by atoms with van der Waals surface area (Å²) in [6, 6.07) is 14.1. The fourth-order valence-electron chi connectivity index (χ4n) is 3.75. The molecule has 3 N–H and O–H groups in total. The highest BCUT2D eigenvalue weighted by atomic mass is 16.4. The molecule has 5 nitrogen and oxygen atoms in total. The number of rotatable bonds is 5. The van der Waals surface area contributed by atoms with Gasteiger partial charge in [-0.3, -0.25) is 4.79 Å². The Kier molecular flexibility index (Phi) is 4.83. The number of nitrogens with one attached hydrogen (secondary N) is 1. The van der Waals surface area contributed by atoms with Gasteiger partial charge in [0.2, 0.25) is 5.91 Å². The van der Waals surface area contributed by atoms with Crippen LogP contribution in [0.4, 0.5) is 0 Å². The second kappa shape index (κ2) is 6.92. The van der Waals surface area contributed by atoms with Crippen molar-refractivity contribution in [2.75, 3.05) is 0 Å². The zero-order valence-corrected chi connectivity index (χ0v) is 14.9. The minimum Gasteiger partial charge on any atom is -0.478 e. The van der Waals surface area contributed by atoms with E-state index < -0.39 is 12.1 Å². The van der Waals surface area contributed by atoms with E-state index in [-0.39, 0.29) is 34.9 Å². The first-order valence-corrected chi connectivity index (χ1v) is 8.67. The maximum atomic E-state index is 12.5. The zero-order valence-electron chi connectivity index (χ0n) is 14.9. The van der Waals surface area contributed by atoms with Crippen molar-refractivity contribution in [3.8, 4) is 0 Å². The van der Waals surface area contributed by atoms with E-state index in [1.165, 1.54) is 17.7 Å². The van der Waals surface area contributed by atoms with Gasteiger partial charge < -0.3 is 15.5 Å². The molecule has 3 rings (SSSR count). The van der Waals surface area contributed by atoms with Crippen LogP contribution in [0.15, 0.2) is 48.5 Å². The topological polar surface area (TPSA) is 86.6 Å². The van der Waals surface area contributed by atoms with E-state index in [2.05, 4.69) is 25.2 Å². The van der Waals surface area contributed by atoms with Gasteiger partial charge in [0.15, 0.2) is 0 Å². The molecule has 1 amide bonds. The summed E-state index contributed by atoms with van der Waals surface area (Å²) in [6.45, 7) is 4.21. The maximum Gasteiger partial charge on any atom is 0.336 e. The highest BCUT2D eigenvalue weighted by Gasteiger charge is 2.39. The van der Waals surface area contributed by atoms with Crippen LogP contribution in [0.2, 0.25) is 0 Å². The quantitative estimate of drug-likeness (QED) is 0.770. The first-order valence-electron chi connectivity index (χ1n) is 8.67. The highest BCUT2D eigenvalue weighted by molar-refractivity contribution is 5.90. The minimum absolute atomic E-state index is 0.0133. The van der Waals surface area contributed by atoms with Gasteiger partial charge in [0, 0.05) is 0 Å². The Morgan fingerprint density at radius 2 is 1.81 bits per heavy atom. The SMILES string of the molecule is CC1(C)Cc2ccccc2C1NC(=O)CC(O)c1ccccc1C(=O)O. The van der Waals surface area contributed by atoms with Crippen LogP contribution >= 0.6 is 0 Å². The summed E-state index contributed by atoms with van der Waals surface area (Å²) in [7, 11) is 0. The minimum atomic E-state index is -1.16. The number of hydrogen-bond donors (Lipinski definition) is 3. The van der Waals surface area contributed by atoms with Gasteiger partial charge in [-0.25, -0.2) is 4.79 Å². The average Bonchev–Trinajstić information content (AvgIpc) is 2.85. The molecule has 0 radical (unpaired) electrons. The van der Waals surface area contributed by atoms with E-state index in [9.17, 15) is 19.8 Å². The molecular formula is C21H23NO4. The molecular weight excluding hydrogens is 330 g/mol. The highest BCUT2D eigenvalue weighted by Crippen LogP contribution is 2.45. The van der Waals surface area contributed by atoms with Gasteiger partial charge in [0.25, 0.3) is 0 Å². The number of benzene rings is 2. The van der Waals surface area contributed by atoms with Gasteiger partial charge in [-0.15, -0.1) is 0 Å². The number of carboxylic acids is 1. The monoisotopic (exact) mass is 353 g/mol. The van der Waals surface area contributed by atoms with Crippen molar-refractivity contribution < 1.29 is 19.8 Å². The van der Waals surface area contributed by atoms with E-state index in [4.69, 9.17) is 0 Å². The molecule has 2 unspecified atom stereocenters. The molecule has 0 bridgehead atoms. The van der Waals surface area contributed by atoms with Gasteiger partial charge in [0.05, 0.1) is 24.1 Å². The number of carboxylic acid groups (broad SMARTS) is 1. The van der Waals surface area contributed by atoms with Crippen molar-refractivity contribution in [1.82, 2.24) is 5.32 Å². The van der Waals surface area contributed by atoms with Crippen LogP contribution in [0.25, 0.3) is 0 Å². The van der Waals surface area contributed by atoms with Crippen LogP contribution in [0.3, 0.4) is 0 Å². The van der Waals surface area contributed by atoms with Crippen LogP contribution < -0.4 is 5.32 Å². The summed E-state index contributed by atoms with van der Waals surface area (Å²) < 4.78 is 0. The predicted octanol–water partition coefficient (Wildman–Crippen LogP) is 3.25. The molecule has 0 fully saturated rings. The van der Waals surface area contributed by atoms with Crippen LogP contribution in [0.5, 0.6) is 0 Å². The van der Waals surface area contributed by atoms with Gasteiger partial charge in [0.1, 0.15) is 0 Å². The lowest BCUT2D eigenvalue weighted by Crippen LogP contribution is -2.36. The lowest BCUT2D eigenvalue weighted by atomic mass is 9.85. The van der Waals surface area contributed by atoms with Gasteiger partial charge in [-0.05, 0) is 34.6 Å². The van der Waals surface area contributed by atoms with Gasteiger partial charge >= 0.3 is 5.97 Å². The summed E-state index contributed by atoms with van der Waals surface area (Å²) in [5.74, 6) is -1.42. The second-order valence-corrected chi connectivity index (χ2v) is 7.48. The third kappa shape index (κ3) is 3.48. The van der Waals surface area contributed by atoms with E-state index in [0.29, 0.717) is 0 Å². The van der Waals surface area contributed by atoms with Crippen molar-refractivity contribution in [3.05, 3.63) is 70.8 Å². The van der Waals surface area contributed by atoms with Crippen molar-refractivity contribution in [1.29, 1.82) is 0 Å². The van der Waals surface area contributed by atoms with Crippen molar-refractivity contribution in [2.45, 2.75) is 38.8 Å². The van der Waals surface area contributed by atoms with Gasteiger partial charge in [-0.1, -0.05) is 56.3 Å². The summed E-state index contributed by atoms with van der Waals surface area (Å²) in [5.41, 5.74) is 2.47. The third-order valence-corrected chi connectivity index (χ3v) is 5.03. The van der Waals surface area contributed by atoms with Crippen LogP contribution in [-0.2, 0) is 11.2 Å². The van der Waals surface area contributed by atoms with Crippen LogP contribution in [0, 0.1) is 5.41 Å². The molecule has 26 heavy (non-hydrogen) atoms. The van der Waals surface area contributed by atoms with Gasteiger partial charge in [-0.2, -0.15) is 0 Å². The number of carbonyl (C=O) groups is 2. The first kappa shape index (κ1) is 18.1. The number of aliphatic hydroxyl groups excluding tert-OH is 1. The maximum absolute atomic E-state index is 12.5. The average molecular weight is 353 g/mol. The Hall–Kier alpha value is -2.66. The van der Waals surface area contributed by atoms with E-state index in [1.54, 1.807) is 12.1 Å². The van der Waals surface area contributed by atoms with Crippen LogP contribution in [-0.4, -0.2) is 22.1 Å². The third-order valence-electron chi connectivity index (χ3n) is 5.03. The lowest BCUT2D eigenvalue weighted by molar-refractivity contribution is -0.124. The Labute approximate surface area is 152 Å². The molecule has 1 aliphatic rings. The largest absolute Gasteiger partial charge is 0.478 e. The Morgan fingerprint density at radius 1 is 1.15 bits per heavy atom. The molecule has 136 valence electrons. The molecule has 2 aromatic rings. The second-order valence-electron chi connectivity index (χ2n) is 7.48. The van der Waals surface area contributed by atoms with Crippen LogP contribution in [0.1, 0.15) is 59.5 Å². The molecule has 0 saturated heterocycles. The summed E-state index contributed by atoms with van der Waals surface area (Å²) >= 11 is 0. The number of aliphatic hydroxyl groups is 1. The number of amides is 1. The molecule has 2 atom stereocenters. The number of carbonyl (C=O) groups excluding carboxylic acids is 1. The standard InChI is InChI=1S/C21H23NO4/c1-21(2)12-13-7-3-4-8-14(13)19(21)22-18(24)11-17(23)15-9-5-6-10-16(15)20(25)26/h3-10,17,19,23H,11-12H2,1-2H3,(H,22,24)(H,25,26). The Morgan fingerprint density at radius 3 is 2.54 bits per heavy atom. The number of fused-ring (bicyclic) bond motifs is 1. The van der Waals surface area contributed by atoms with E-state index in [1.807, 2.05) is 18.2 Å². The molecule has 1 aliphatic carbocycles. The zero-order chi connectivity index (χ0) is 18.9. The fourth-order valence-corrected chi connectivity index (χ4v) is 3.75. The van der Waals surface area contributed by atoms with E-state index in [0.717, 1.165) is 12.0 Å². The molecule has 2 aromatic carbocycles. The smallest absolute Gasteiger partial charge is 0.336 e. The van der Waals surface area contributed by atoms with Crippen molar-refractivity contribution >= 4 is 11.9 Å². The molecule has 0 aromatic heterocycles. The molecule has 5 heteroatoms. The lowest BCUT2D eigenvalue weighted by Gasteiger charge is -2.29. The molecule has 0 saturated carbocycles. The summed E-state index contributed by atoms with van der Waals surface area (Å²) in [5, 5.41) is 22.7. The summed E-state index contributed by atoms with van der Waals surface area (Å²) in [6.07, 6.45) is -0.473. The fraction of sp³-hybridized carbons (Fsp3) is 0.333. The normalized spacial score (nSPS) is 18.8. The van der Waals surface area contributed by atoms with Crippen molar-refractivity contribution in [2.24, 2.45) is 5.41 Å².